The molecule has 0 spiro atoms. The summed E-state index contributed by atoms with van der Waals surface area (Å²) < 4.78 is 2.31. The van der Waals surface area contributed by atoms with Crippen LogP contribution in [0.15, 0.2) is 30.7 Å². The third-order valence-corrected chi connectivity index (χ3v) is 4.54. The lowest BCUT2D eigenvalue weighted by Crippen LogP contribution is -2.29. The summed E-state index contributed by atoms with van der Waals surface area (Å²) in [4.78, 5) is 23.0. The molecule has 1 fully saturated rings. The molecular formula is C18H24N4O. The number of likely N-dealkylation sites (tertiary alicyclic amines) is 1. The third kappa shape index (κ3) is 3.44. The van der Waals surface area contributed by atoms with Gasteiger partial charge in [0.25, 0.3) is 5.91 Å². The molecule has 0 bridgehead atoms. The minimum Gasteiger partial charge on any atom is -0.338 e. The van der Waals surface area contributed by atoms with Crippen LogP contribution in [0.5, 0.6) is 0 Å². The number of amides is 1. The smallest absolute Gasteiger partial charge is 0.255 e. The Morgan fingerprint density at radius 1 is 1.39 bits per heavy atom. The Bertz CT molecular complexity index is 665. The summed E-state index contributed by atoms with van der Waals surface area (Å²) >= 11 is 0. The van der Waals surface area contributed by atoms with Gasteiger partial charge < -0.3 is 9.47 Å². The normalized spacial score (nSPS) is 17.7. The first-order chi connectivity index (χ1) is 11.2. The summed E-state index contributed by atoms with van der Waals surface area (Å²) in [6.45, 7) is 6.95. The highest BCUT2D eigenvalue weighted by Gasteiger charge is 2.28. The molecule has 0 saturated carbocycles. The number of pyridine rings is 1. The Kier molecular flexibility index (Phi) is 4.74. The monoisotopic (exact) mass is 312 g/mol. The molecule has 1 aliphatic rings. The van der Waals surface area contributed by atoms with Crippen molar-refractivity contribution in [2.24, 2.45) is 5.92 Å². The van der Waals surface area contributed by atoms with Crippen molar-refractivity contribution < 1.29 is 4.79 Å². The maximum Gasteiger partial charge on any atom is 0.255 e. The lowest BCUT2D eigenvalue weighted by atomic mass is 10.0. The maximum absolute atomic E-state index is 12.5. The van der Waals surface area contributed by atoms with Gasteiger partial charge in [0, 0.05) is 50.3 Å². The van der Waals surface area contributed by atoms with E-state index in [1.54, 1.807) is 12.4 Å². The van der Waals surface area contributed by atoms with Crippen molar-refractivity contribution in [3.05, 3.63) is 47.8 Å². The Morgan fingerprint density at radius 2 is 2.26 bits per heavy atom. The van der Waals surface area contributed by atoms with Crippen LogP contribution in [-0.4, -0.2) is 38.4 Å². The quantitative estimate of drug-likeness (QED) is 0.853. The lowest BCUT2D eigenvalue weighted by molar-refractivity contribution is 0.0786. The van der Waals surface area contributed by atoms with Gasteiger partial charge in [-0.1, -0.05) is 6.92 Å². The largest absolute Gasteiger partial charge is 0.338 e. The third-order valence-electron chi connectivity index (χ3n) is 4.54. The number of carbonyl (C=O) groups is 1. The topological polar surface area (TPSA) is 51.0 Å². The summed E-state index contributed by atoms with van der Waals surface area (Å²) in [6.07, 6.45) is 8.40. The van der Waals surface area contributed by atoms with Gasteiger partial charge in [-0.2, -0.15) is 0 Å². The molecule has 122 valence electrons. The van der Waals surface area contributed by atoms with E-state index < -0.39 is 0 Å². The molecule has 1 saturated heterocycles. The van der Waals surface area contributed by atoms with Crippen LogP contribution in [0.4, 0.5) is 0 Å². The van der Waals surface area contributed by atoms with E-state index in [0.29, 0.717) is 11.5 Å². The SMILES string of the molecule is CCCn1c(C)cnc1CC1CCN(C(=O)c2cccnc2)C1. The number of imidazole rings is 1. The van der Waals surface area contributed by atoms with E-state index in [2.05, 4.69) is 28.4 Å². The van der Waals surface area contributed by atoms with Gasteiger partial charge >= 0.3 is 0 Å². The highest BCUT2D eigenvalue weighted by atomic mass is 16.2. The minimum atomic E-state index is 0.0914. The highest BCUT2D eigenvalue weighted by molar-refractivity contribution is 5.94. The summed E-state index contributed by atoms with van der Waals surface area (Å²) in [5, 5.41) is 0. The van der Waals surface area contributed by atoms with E-state index in [1.165, 1.54) is 5.69 Å². The zero-order valence-corrected chi connectivity index (χ0v) is 13.9. The summed E-state index contributed by atoms with van der Waals surface area (Å²) in [5.74, 6) is 1.74. The molecule has 1 atom stereocenters. The first-order valence-corrected chi connectivity index (χ1v) is 8.39. The van der Waals surface area contributed by atoms with E-state index >= 15 is 0 Å². The lowest BCUT2D eigenvalue weighted by Gasteiger charge is -2.17. The molecule has 0 N–H and O–H groups in total. The molecule has 1 unspecified atom stereocenters. The fraction of sp³-hybridized carbons (Fsp3) is 0.500. The number of hydrogen-bond donors (Lipinski definition) is 0. The number of nitrogens with zero attached hydrogens (tertiary/aromatic N) is 4. The van der Waals surface area contributed by atoms with E-state index in [4.69, 9.17) is 0 Å². The van der Waals surface area contributed by atoms with Crippen LogP contribution < -0.4 is 0 Å². The first-order valence-electron chi connectivity index (χ1n) is 8.39. The van der Waals surface area contributed by atoms with E-state index in [-0.39, 0.29) is 5.91 Å². The molecular weight excluding hydrogens is 288 g/mol. The molecule has 23 heavy (non-hydrogen) atoms. The predicted molar refractivity (Wildman–Crippen MR) is 89.2 cm³/mol. The van der Waals surface area contributed by atoms with E-state index in [9.17, 15) is 4.79 Å². The van der Waals surface area contributed by atoms with Crippen molar-refractivity contribution in [3.63, 3.8) is 0 Å². The summed E-state index contributed by atoms with van der Waals surface area (Å²) in [6, 6.07) is 3.64. The number of aryl methyl sites for hydroxylation is 1. The summed E-state index contributed by atoms with van der Waals surface area (Å²) in [5.41, 5.74) is 1.90. The number of carbonyl (C=O) groups excluding carboxylic acids is 1. The number of aromatic nitrogens is 3. The molecule has 1 amide bonds. The Balaban J connectivity index is 1.63. The molecule has 2 aromatic heterocycles. The Morgan fingerprint density at radius 3 is 3.00 bits per heavy atom. The van der Waals surface area contributed by atoms with Crippen LogP contribution in [0, 0.1) is 12.8 Å². The van der Waals surface area contributed by atoms with Gasteiger partial charge in [0.05, 0.1) is 5.56 Å². The Labute approximate surface area is 137 Å². The summed E-state index contributed by atoms with van der Waals surface area (Å²) in [7, 11) is 0. The Hall–Kier alpha value is -2.17. The van der Waals surface area contributed by atoms with E-state index in [0.717, 1.165) is 44.7 Å². The molecule has 5 heteroatoms. The van der Waals surface area contributed by atoms with Gasteiger partial charge in [-0.25, -0.2) is 4.98 Å². The van der Waals surface area contributed by atoms with Crippen LogP contribution in [0.25, 0.3) is 0 Å². The second-order valence-electron chi connectivity index (χ2n) is 6.32. The van der Waals surface area contributed by atoms with Gasteiger partial charge in [0.15, 0.2) is 0 Å². The van der Waals surface area contributed by atoms with Crippen molar-refractivity contribution in [1.82, 2.24) is 19.4 Å². The molecule has 2 aromatic rings. The fourth-order valence-corrected chi connectivity index (χ4v) is 3.32. The average molecular weight is 312 g/mol. The number of rotatable bonds is 5. The molecule has 3 rings (SSSR count). The van der Waals surface area contributed by atoms with Crippen molar-refractivity contribution in [2.45, 2.75) is 39.7 Å². The van der Waals surface area contributed by atoms with Crippen LogP contribution in [0.2, 0.25) is 0 Å². The van der Waals surface area contributed by atoms with Crippen molar-refractivity contribution >= 4 is 5.91 Å². The van der Waals surface area contributed by atoms with Gasteiger partial charge in [-0.3, -0.25) is 9.78 Å². The first kappa shape index (κ1) is 15.7. The van der Waals surface area contributed by atoms with Crippen LogP contribution in [0.1, 0.15) is 41.6 Å². The van der Waals surface area contributed by atoms with Crippen molar-refractivity contribution in [1.29, 1.82) is 0 Å². The molecule has 0 radical (unpaired) electrons. The average Bonchev–Trinajstić information content (AvgIpc) is 3.17. The number of hydrogen-bond acceptors (Lipinski definition) is 3. The zero-order valence-electron chi connectivity index (χ0n) is 13.9. The second-order valence-corrected chi connectivity index (χ2v) is 6.32. The standard InChI is InChI=1S/C18H24N4O/c1-3-8-22-14(2)11-20-17(22)10-15-6-9-21(13-15)18(23)16-5-4-7-19-12-16/h4-5,7,11-12,15H,3,6,8-10,13H2,1-2H3. The van der Waals surface area contributed by atoms with Gasteiger partial charge in [-0.05, 0) is 37.8 Å². The molecule has 5 nitrogen and oxygen atoms in total. The fourth-order valence-electron chi connectivity index (χ4n) is 3.32. The molecule has 1 aliphatic heterocycles. The van der Waals surface area contributed by atoms with Crippen molar-refractivity contribution in [3.8, 4) is 0 Å². The minimum absolute atomic E-state index is 0.0914. The van der Waals surface area contributed by atoms with E-state index in [1.807, 2.05) is 23.2 Å². The van der Waals surface area contributed by atoms with Crippen molar-refractivity contribution in [2.75, 3.05) is 13.1 Å². The predicted octanol–water partition coefficient (Wildman–Crippen LogP) is 2.70. The zero-order chi connectivity index (χ0) is 16.2. The van der Waals surface area contributed by atoms with Crippen LogP contribution >= 0.6 is 0 Å². The maximum atomic E-state index is 12.5. The second kappa shape index (κ2) is 6.94. The molecule has 0 aromatic carbocycles. The van der Waals surface area contributed by atoms with Gasteiger partial charge in [-0.15, -0.1) is 0 Å². The van der Waals surface area contributed by atoms with Gasteiger partial charge in [0.1, 0.15) is 5.82 Å². The van der Waals surface area contributed by atoms with Crippen LogP contribution in [-0.2, 0) is 13.0 Å². The van der Waals surface area contributed by atoms with Crippen LogP contribution in [0.3, 0.4) is 0 Å². The molecule has 3 heterocycles. The highest BCUT2D eigenvalue weighted by Crippen LogP contribution is 2.22. The molecule has 0 aliphatic carbocycles. The van der Waals surface area contributed by atoms with Gasteiger partial charge in [0.2, 0.25) is 0 Å².